The summed E-state index contributed by atoms with van der Waals surface area (Å²) < 4.78 is 0. The van der Waals surface area contributed by atoms with Crippen LogP contribution in [0, 0.1) is 0 Å². The third kappa shape index (κ3) is 5.06. The van der Waals surface area contributed by atoms with E-state index in [0.29, 0.717) is 12.8 Å². The van der Waals surface area contributed by atoms with Gasteiger partial charge in [0, 0.05) is 12.8 Å². The van der Waals surface area contributed by atoms with Gasteiger partial charge in [0.05, 0.1) is 0 Å². The van der Waals surface area contributed by atoms with Crippen molar-refractivity contribution >= 4 is 5.78 Å². The highest BCUT2D eigenvalue weighted by molar-refractivity contribution is 5.83. The summed E-state index contributed by atoms with van der Waals surface area (Å²) in [5.41, 5.74) is 5.10. The van der Waals surface area contributed by atoms with Gasteiger partial charge in [0.15, 0.2) is 0 Å². The standard InChI is InChI=1S/C23H30O/c1-22(2,3)19-11-7-17(8-12-19)15-21(24)16-18-9-13-20(14-10-18)23(4,5)6/h7-14H,15-16H2,1-6H3. The molecule has 0 saturated heterocycles. The highest BCUT2D eigenvalue weighted by Gasteiger charge is 2.15. The van der Waals surface area contributed by atoms with E-state index in [0.717, 1.165) is 11.1 Å². The lowest BCUT2D eigenvalue weighted by atomic mass is 9.86. The third-order valence-corrected chi connectivity index (χ3v) is 4.44. The van der Waals surface area contributed by atoms with Gasteiger partial charge in [-0.2, -0.15) is 0 Å². The van der Waals surface area contributed by atoms with Crippen molar-refractivity contribution in [1.82, 2.24) is 0 Å². The average Bonchev–Trinajstić information content (AvgIpc) is 2.46. The van der Waals surface area contributed by atoms with E-state index in [1.807, 2.05) is 0 Å². The fourth-order valence-corrected chi connectivity index (χ4v) is 2.76. The fourth-order valence-electron chi connectivity index (χ4n) is 2.76. The number of carbonyl (C=O) groups excluding carboxylic acids is 1. The minimum atomic E-state index is 0.150. The predicted molar refractivity (Wildman–Crippen MR) is 103 cm³/mol. The normalized spacial score (nSPS) is 12.2. The van der Waals surface area contributed by atoms with Crippen LogP contribution in [0.3, 0.4) is 0 Å². The van der Waals surface area contributed by atoms with Crippen LogP contribution in [-0.4, -0.2) is 5.78 Å². The number of rotatable bonds is 4. The number of hydrogen-bond donors (Lipinski definition) is 0. The zero-order valence-electron chi connectivity index (χ0n) is 15.9. The molecule has 0 aliphatic rings. The highest BCUT2D eigenvalue weighted by Crippen LogP contribution is 2.23. The summed E-state index contributed by atoms with van der Waals surface area (Å²) in [6, 6.07) is 16.9. The van der Waals surface area contributed by atoms with E-state index >= 15 is 0 Å². The molecular weight excluding hydrogens is 292 g/mol. The molecule has 0 heterocycles. The Morgan fingerprint density at radius 2 is 0.917 bits per heavy atom. The van der Waals surface area contributed by atoms with Gasteiger partial charge in [-0.05, 0) is 33.1 Å². The van der Waals surface area contributed by atoms with Crippen molar-refractivity contribution in [3.8, 4) is 0 Å². The number of hydrogen-bond acceptors (Lipinski definition) is 1. The molecule has 128 valence electrons. The maximum atomic E-state index is 12.3. The molecular formula is C23H30O. The molecule has 0 aliphatic heterocycles. The van der Waals surface area contributed by atoms with Crippen molar-refractivity contribution in [3.05, 3.63) is 70.8 Å². The van der Waals surface area contributed by atoms with E-state index in [9.17, 15) is 4.79 Å². The van der Waals surface area contributed by atoms with Gasteiger partial charge in [0.2, 0.25) is 0 Å². The van der Waals surface area contributed by atoms with Gasteiger partial charge in [-0.15, -0.1) is 0 Å². The molecule has 0 saturated carbocycles. The molecule has 1 heteroatoms. The summed E-state index contributed by atoms with van der Waals surface area (Å²) in [7, 11) is 0. The first-order valence-corrected chi connectivity index (χ1v) is 8.76. The fraction of sp³-hybridized carbons (Fsp3) is 0.435. The molecule has 0 atom stereocenters. The van der Waals surface area contributed by atoms with Crippen LogP contribution < -0.4 is 0 Å². The Balaban J connectivity index is 1.98. The van der Waals surface area contributed by atoms with E-state index in [4.69, 9.17) is 0 Å². The van der Waals surface area contributed by atoms with Gasteiger partial charge in [-0.25, -0.2) is 0 Å². The Morgan fingerprint density at radius 3 is 1.17 bits per heavy atom. The molecule has 0 aromatic heterocycles. The van der Waals surface area contributed by atoms with Crippen LogP contribution in [-0.2, 0) is 28.5 Å². The van der Waals surface area contributed by atoms with Crippen molar-refractivity contribution in [1.29, 1.82) is 0 Å². The molecule has 0 spiro atoms. The van der Waals surface area contributed by atoms with Crippen molar-refractivity contribution < 1.29 is 4.79 Å². The molecule has 0 aliphatic carbocycles. The smallest absolute Gasteiger partial charge is 0.141 e. The minimum Gasteiger partial charge on any atom is -0.299 e. The van der Waals surface area contributed by atoms with Crippen molar-refractivity contribution in [3.63, 3.8) is 0 Å². The van der Waals surface area contributed by atoms with Gasteiger partial charge in [0.1, 0.15) is 5.78 Å². The second kappa shape index (κ2) is 6.93. The largest absolute Gasteiger partial charge is 0.299 e. The highest BCUT2D eigenvalue weighted by atomic mass is 16.1. The summed E-state index contributed by atoms with van der Waals surface area (Å²) in [5.74, 6) is 0.266. The van der Waals surface area contributed by atoms with Crippen LogP contribution in [0.2, 0.25) is 0 Å². The Bertz CT molecular complexity index is 615. The molecule has 0 bridgehead atoms. The Kier molecular flexibility index (Phi) is 5.32. The maximum Gasteiger partial charge on any atom is 0.141 e. The number of ketones is 1. The summed E-state index contributed by atoms with van der Waals surface area (Å²) in [6.07, 6.45) is 1.01. The number of benzene rings is 2. The maximum absolute atomic E-state index is 12.3. The average molecular weight is 322 g/mol. The van der Waals surface area contributed by atoms with Gasteiger partial charge >= 0.3 is 0 Å². The first-order valence-electron chi connectivity index (χ1n) is 8.76. The quantitative estimate of drug-likeness (QED) is 0.712. The second-order valence-electron chi connectivity index (χ2n) is 8.79. The molecule has 0 fully saturated rings. The van der Waals surface area contributed by atoms with Crippen LogP contribution in [0.4, 0.5) is 0 Å². The van der Waals surface area contributed by atoms with Crippen LogP contribution in [0.25, 0.3) is 0 Å². The van der Waals surface area contributed by atoms with Gasteiger partial charge in [-0.3, -0.25) is 4.79 Å². The molecule has 0 amide bonds. The van der Waals surface area contributed by atoms with Crippen LogP contribution in [0.5, 0.6) is 0 Å². The van der Waals surface area contributed by atoms with Crippen LogP contribution >= 0.6 is 0 Å². The summed E-state index contributed by atoms with van der Waals surface area (Å²) in [4.78, 5) is 12.3. The molecule has 2 aromatic rings. The van der Waals surface area contributed by atoms with Crippen LogP contribution in [0.15, 0.2) is 48.5 Å². The lowest BCUT2D eigenvalue weighted by Gasteiger charge is -2.19. The van der Waals surface area contributed by atoms with E-state index in [1.165, 1.54) is 11.1 Å². The Labute approximate surface area is 147 Å². The third-order valence-electron chi connectivity index (χ3n) is 4.44. The first-order chi connectivity index (χ1) is 11.1. The lowest BCUT2D eigenvalue weighted by molar-refractivity contribution is -0.117. The van der Waals surface area contributed by atoms with Gasteiger partial charge in [0.25, 0.3) is 0 Å². The number of carbonyl (C=O) groups is 1. The number of Topliss-reactive ketones (excluding diaryl/α,β-unsaturated/α-hetero) is 1. The van der Waals surface area contributed by atoms with E-state index < -0.39 is 0 Å². The molecule has 0 unspecified atom stereocenters. The van der Waals surface area contributed by atoms with Gasteiger partial charge < -0.3 is 0 Å². The Morgan fingerprint density at radius 1 is 0.625 bits per heavy atom. The molecule has 0 radical (unpaired) electrons. The first kappa shape index (κ1) is 18.4. The van der Waals surface area contributed by atoms with E-state index in [1.54, 1.807) is 0 Å². The van der Waals surface area contributed by atoms with E-state index in [2.05, 4.69) is 90.1 Å². The molecule has 2 rings (SSSR count). The summed E-state index contributed by atoms with van der Waals surface area (Å²) in [5, 5.41) is 0. The molecule has 1 nitrogen and oxygen atoms in total. The predicted octanol–water partition coefficient (Wildman–Crippen LogP) is 5.64. The van der Waals surface area contributed by atoms with E-state index in [-0.39, 0.29) is 16.6 Å². The topological polar surface area (TPSA) is 17.1 Å². The molecule has 2 aromatic carbocycles. The summed E-state index contributed by atoms with van der Waals surface area (Å²) in [6.45, 7) is 13.2. The molecule has 24 heavy (non-hydrogen) atoms. The monoisotopic (exact) mass is 322 g/mol. The zero-order chi connectivity index (χ0) is 18.0. The zero-order valence-corrected chi connectivity index (χ0v) is 15.9. The molecule has 0 N–H and O–H groups in total. The Hall–Kier alpha value is -1.89. The van der Waals surface area contributed by atoms with Crippen molar-refractivity contribution in [2.24, 2.45) is 0 Å². The van der Waals surface area contributed by atoms with Crippen LogP contribution in [0.1, 0.15) is 63.8 Å². The minimum absolute atomic E-state index is 0.150. The van der Waals surface area contributed by atoms with Crippen molar-refractivity contribution in [2.75, 3.05) is 0 Å². The lowest BCUT2D eigenvalue weighted by Crippen LogP contribution is -2.12. The summed E-state index contributed by atoms with van der Waals surface area (Å²) >= 11 is 0. The van der Waals surface area contributed by atoms with Crippen molar-refractivity contribution in [2.45, 2.75) is 65.2 Å². The second-order valence-corrected chi connectivity index (χ2v) is 8.79. The SMILES string of the molecule is CC(C)(C)c1ccc(CC(=O)Cc2ccc(C(C)(C)C)cc2)cc1. The van der Waals surface area contributed by atoms with Gasteiger partial charge in [-0.1, -0.05) is 90.1 Å².